The molecule has 23 heavy (non-hydrogen) atoms. The first-order valence-electron chi connectivity index (χ1n) is 8.32. The maximum atomic E-state index is 12.2. The zero-order chi connectivity index (χ0) is 16.4. The van der Waals surface area contributed by atoms with Gasteiger partial charge in [0.2, 0.25) is 0 Å². The van der Waals surface area contributed by atoms with Crippen molar-refractivity contribution < 1.29 is 19.1 Å². The van der Waals surface area contributed by atoms with Crippen LogP contribution < -0.4 is 4.74 Å². The molecule has 0 radical (unpaired) electrons. The maximum absolute atomic E-state index is 12.2. The number of hydrogen-bond acceptors (Lipinski definition) is 3. The third-order valence-electron chi connectivity index (χ3n) is 6.44. The number of carbonyl (C=O) groups excluding carboxylic acids is 1. The SMILES string of the molecule is COc1ccc2c(c1O)[C@]13CC[N+](C)(C)[C@H](C2)[C@@H]1C=CC(=O)C3. The first-order chi connectivity index (χ1) is 10.9. The molecule has 1 aromatic carbocycles. The Bertz CT molecular complexity index is 722. The minimum absolute atomic E-state index is 0.169. The average Bonchev–Trinajstić information content (AvgIpc) is 2.51. The average molecular weight is 314 g/mol. The summed E-state index contributed by atoms with van der Waals surface area (Å²) in [5.41, 5.74) is 1.88. The molecule has 4 nitrogen and oxygen atoms in total. The maximum Gasteiger partial charge on any atom is 0.161 e. The van der Waals surface area contributed by atoms with Crippen LogP contribution in [0.1, 0.15) is 24.0 Å². The minimum atomic E-state index is -0.267. The Kier molecular flexibility index (Phi) is 2.95. The molecule has 0 saturated carbocycles. The van der Waals surface area contributed by atoms with E-state index in [0.717, 1.165) is 29.4 Å². The van der Waals surface area contributed by atoms with Crippen LogP contribution in [0.2, 0.25) is 0 Å². The zero-order valence-corrected chi connectivity index (χ0v) is 14.0. The fourth-order valence-corrected chi connectivity index (χ4v) is 5.21. The molecule has 3 atom stereocenters. The normalized spacial score (nSPS) is 33.8. The number of methoxy groups -OCH3 is 1. The lowest BCUT2D eigenvalue weighted by Gasteiger charge is -2.58. The van der Waals surface area contributed by atoms with Gasteiger partial charge in [-0.25, -0.2) is 0 Å². The monoisotopic (exact) mass is 314 g/mol. The van der Waals surface area contributed by atoms with Crippen molar-refractivity contribution in [2.75, 3.05) is 27.7 Å². The van der Waals surface area contributed by atoms with Gasteiger partial charge in [-0.1, -0.05) is 12.1 Å². The van der Waals surface area contributed by atoms with E-state index in [9.17, 15) is 9.90 Å². The van der Waals surface area contributed by atoms with Gasteiger partial charge in [-0.3, -0.25) is 4.79 Å². The van der Waals surface area contributed by atoms with E-state index in [1.165, 1.54) is 5.56 Å². The lowest BCUT2D eigenvalue weighted by Crippen LogP contribution is -2.66. The van der Waals surface area contributed by atoms with Gasteiger partial charge in [-0.2, -0.15) is 0 Å². The number of piperidine rings is 1. The van der Waals surface area contributed by atoms with Crippen LogP contribution in [0.25, 0.3) is 0 Å². The third-order valence-corrected chi connectivity index (χ3v) is 6.44. The summed E-state index contributed by atoms with van der Waals surface area (Å²) in [4.78, 5) is 12.2. The highest BCUT2D eigenvalue weighted by atomic mass is 16.5. The molecular weight excluding hydrogens is 290 g/mol. The van der Waals surface area contributed by atoms with Gasteiger partial charge in [0, 0.05) is 36.2 Å². The van der Waals surface area contributed by atoms with E-state index in [4.69, 9.17) is 4.74 Å². The first-order valence-corrected chi connectivity index (χ1v) is 8.32. The highest BCUT2D eigenvalue weighted by molar-refractivity contribution is 5.92. The molecule has 2 aliphatic carbocycles. The van der Waals surface area contributed by atoms with E-state index in [1.54, 1.807) is 13.2 Å². The molecule has 3 aliphatic rings. The quantitative estimate of drug-likeness (QED) is 0.808. The Morgan fingerprint density at radius 2 is 2.13 bits per heavy atom. The van der Waals surface area contributed by atoms with Gasteiger partial charge in [-0.05, 0) is 17.7 Å². The van der Waals surface area contributed by atoms with Crippen LogP contribution in [-0.2, 0) is 16.6 Å². The summed E-state index contributed by atoms with van der Waals surface area (Å²) in [5.74, 6) is 1.22. The van der Waals surface area contributed by atoms with Crippen LogP contribution in [0, 0.1) is 5.92 Å². The molecule has 1 aliphatic heterocycles. The molecule has 0 aromatic heterocycles. The number of likely N-dealkylation sites (tertiary alicyclic amines) is 1. The molecule has 1 aromatic rings. The van der Waals surface area contributed by atoms with Crippen LogP contribution in [0.4, 0.5) is 0 Å². The van der Waals surface area contributed by atoms with Crippen molar-refractivity contribution in [1.82, 2.24) is 0 Å². The Morgan fingerprint density at radius 3 is 2.87 bits per heavy atom. The number of likely N-dealkylation sites (N-methyl/N-ethyl adjacent to an activating group) is 1. The molecular formula is C19H24NO3+. The summed E-state index contributed by atoms with van der Waals surface area (Å²) in [6, 6.07) is 4.38. The largest absolute Gasteiger partial charge is 0.504 e. The smallest absolute Gasteiger partial charge is 0.161 e. The van der Waals surface area contributed by atoms with Crippen molar-refractivity contribution in [2.24, 2.45) is 5.92 Å². The Hall–Kier alpha value is -1.81. The fourth-order valence-electron chi connectivity index (χ4n) is 5.21. The van der Waals surface area contributed by atoms with Gasteiger partial charge in [0.05, 0.1) is 33.8 Å². The van der Waals surface area contributed by atoms with E-state index >= 15 is 0 Å². The van der Waals surface area contributed by atoms with Crippen LogP contribution in [0.15, 0.2) is 24.3 Å². The van der Waals surface area contributed by atoms with Crippen LogP contribution in [0.3, 0.4) is 0 Å². The third kappa shape index (κ3) is 1.84. The van der Waals surface area contributed by atoms with Crippen molar-refractivity contribution >= 4 is 5.78 Å². The number of aromatic hydroxyl groups is 1. The van der Waals surface area contributed by atoms with Crippen LogP contribution >= 0.6 is 0 Å². The van der Waals surface area contributed by atoms with E-state index in [-0.39, 0.29) is 16.9 Å². The molecule has 122 valence electrons. The van der Waals surface area contributed by atoms with Gasteiger partial charge < -0.3 is 14.3 Å². The number of ketones is 1. The molecule has 0 spiro atoms. The van der Waals surface area contributed by atoms with Gasteiger partial charge in [0.15, 0.2) is 17.3 Å². The first kappa shape index (κ1) is 14.8. The summed E-state index contributed by atoms with van der Waals surface area (Å²) < 4.78 is 6.31. The number of hydrogen-bond donors (Lipinski definition) is 1. The summed E-state index contributed by atoms with van der Waals surface area (Å²) in [6.07, 6.45) is 6.22. The minimum Gasteiger partial charge on any atom is -0.504 e. The second-order valence-corrected chi connectivity index (χ2v) is 7.86. The van der Waals surface area contributed by atoms with Crippen LogP contribution in [-0.4, -0.2) is 49.2 Å². The molecule has 4 rings (SSSR count). The van der Waals surface area contributed by atoms with E-state index in [1.807, 2.05) is 6.07 Å². The van der Waals surface area contributed by atoms with Crippen molar-refractivity contribution in [3.05, 3.63) is 35.4 Å². The van der Waals surface area contributed by atoms with Crippen molar-refractivity contribution in [3.63, 3.8) is 0 Å². The van der Waals surface area contributed by atoms with Crippen molar-refractivity contribution in [3.8, 4) is 11.5 Å². The molecule has 0 unspecified atom stereocenters. The molecule has 1 N–H and O–H groups in total. The number of carbonyl (C=O) groups is 1. The molecule has 0 amide bonds. The number of benzene rings is 1. The Labute approximate surface area is 137 Å². The number of phenols is 1. The second kappa shape index (κ2) is 4.60. The van der Waals surface area contributed by atoms with Gasteiger partial charge in [0.25, 0.3) is 0 Å². The van der Waals surface area contributed by atoms with E-state index in [2.05, 4.69) is 26.2 Å². The topological polar surface area (TPSA) is 46.5 Å². The number of rotatable bonds is 1. The summed E-state index contributed by atoms with van der Waals surface area (Å²) in [6.45, 7) is 1.03. The Balaban J connectivity index is 1.99. The second-order valence-electron chi connectivity index (χ2n) is 7.86. The van der Waals surface area contributed by atoms with E-state index in [0.29, 0.717) is 24.1 Å². The molecule has 1 saturated heterocycles. The van der Waals surface area contributed by atoms with E-state index < -0.39 is 0 Å². The zero-order valence-electron chi connectivity index (χ0n) is 14.0. The van der Waals surface area contributed by atoms with Crippen LogP contribution in [0.5, 0.6) is 11.5 Å². The molecule has 2 bridgehead atoms. The summed E-state index contributed by atoms with van der Waals surface area (Å²) >= 11 is 0. The standard InChI is InChI=1S/C19H23NO3/c1-20(2)9-8-19-11-13(21)5-6-14(19)15(20)10-12-4-7-16(23-3)18(22)17(12)19/h4-7,14-15H,8-11H2,1-3H3/p+1/t14-,15+,19-/m0/s1. The number of nitrogens with zero attached hydrogens (tertiary/aromatic N) is 1. The number of allylic oxidation sites excluding steroid dienone is 1. The fraction of sp³-hybridized carbons (Fsp3) is 0.526. The summed E-state index contributed by atoms with van der Waals surface area (Å²) in [5, 5.41) is 10.8. The van der Waals surface area contributed by atoms with Gasteiger partial charge >= 0.3 is 0 Å². The van der Waals surface area contributed by atoms with Gasteiger partial charge in [-0.15, -0.1) is 0 Å². The Morgan fingerprint density at radius 1 is 1.35 bits per heavy atom. The molecule has 4 heteroatoms. The highest BCUT2D eigenvalue weighted by Crippen LogP contribution is 2.57. The van der Waals surface area contributed by atoms with Crippen molar-refractivity contribution in [2.45, 2.75) is 30.7 Å². The lowest BCUT2D eigenvalue weighted by atomic mass is 9.53. The highest BCUT2D eigenvalue weighted by Gasteiger charge is 2.59. The molecule has 1 heterocycles. The lowest BCUT2D eigenvalue weighted by molar-refractivity contribution is -0.925. The summed E-state index contributed by atoms with van der Waals surface area (Å²) in [7, 11) is 6.15. The number of fused-ring (bicyclic) bond motifs is 1. The number of quaternary nitrogens is 1. The molecule has 1 fully saturated rings. The van der Waals surface area contributed by atoms with Gasteiger partial charge in [0.1, 0.15) is 0 Å². The number of phenolic OH excluding ortho intramolecular Hbond substituents is 1. The van der Waals surface area contributed by atoms with Crippen molar-refractivity contribution in [1.29, 1.82) is 0 Å². The predicted octanol–water partition coefficient (Wildman–Crippen LogP) is 2.19. The predicted molar refractivity (Wildman–Crippen MR) is 87.7 cm³/mol. The number of ether oxygens (including phenoxy) is 1.